The lowest BCUT2D eigenvalue weighted by atomic mass is 10.1. The summed E-state index contributed by atoms with van der Waals surface area (Å²) in [6.07, 6.45) is 3.51. The number of ether oxygens (including phenoxy) is 3. The largest absolute Gasteiger partial charge is 0.491 e. The number of fused-ring (bicyclic) bond motifs is 3. The maximum Gasteiger partial charge on any atom is 0.278 e. The van der Waals surface area contributed by atoms with E-state index in [2.05, 4.69) is 19.9 Å². The highest BCUT2D eigenvalue weighted by Crippen LogP contribution is 2.43. The summed E-state index contributed by atoms with van der Waals surface area (Å²) in [5.41, 5.74) is 7.01. The number of hydrogen-bond acceptors (Lipinski definition) is 12. The highest BCUT2D eigenvalue weighted by atomic mass is 16.5. The van der Waals surface area contributed by atoms with Crippen LogP contribution >= 0.6 is 0 Å². The van der Waals surface area contributed by atoms with Crippen molar-refractivity contribution >= 4 is 29.3 Å². The van der Waals surface area contributed by atoms with Gasteiger partial charge in [-0.15, -0.1) is 0 Å². The highest BCUT2D eigenvalue weighted by Gasteiger charge is 2.36. The summed E-state index contributed by atoms with van der Waals surface area (Å²) in [5, 5.41) is 0.966. The molecule has 190 valence electrons. The zero-order valence-electron chi connectivity index (χ0n) is 20.1. The van der Waals surface area contributed by atoms with Crippen LogP contribution in [0.5, 0.6) is 11.5 Å². The van der Waals surface area contributed by atoms with Crippen LogP contribution in [0.15, 0.2) is 34.5 Å². The second-order valence-corrected chi connectivity index (χ2v) is 8.42. The maximum absolute atomic E-state index is 13.0. The number of nitrogens with zero attached hydrogens (tertiary/aromatic N) is 7. The van der Waals surface area contributed by atoms with Gasteiger partial charge in [0.2, 0.25) is 11.9 Å². The predicted octanol–water partition coefficient (Wildman–Crippen LogP) is 0.248. The van der Waals surface area contributed by atoms with Crippen molar-refractivity contribution in [1.82, 2.24) is 24.8 Å². The van der Waals surface area contributed by atoms with Crippen molar-refractivity contribution < 1.29 is 19.0 Å². The number of anilines is 1. The van der Waals surface area contributed by atoms with Gasteiger partial charge in [0.25, 0.3) is 5.91 Å². The summed E-state index contributed by atoms with van der Waals surface area (Å²) < 4.78 is 17.2. The van der Waals surface area contributed by atoms with Gasteiger partial charge in [-0.25, -0.2) is 25.8 Å². The first kappa shape index (κ1) is 23.9. The van der Waals surface area contributed by atoms with Gasteiger partial charge in [-0.3, -0.25) is 19.6 Å². The SMILES string of the molecule is COc1c(OCCCN2CCOCC2)ccc2c1N=C(N(N)C(=O)c1cnc(N)nc1)N1CCN=C21. The molecule has 13 nitrogen and oxygen atoms in total. The van der Waals surface area contributed by atoms with Gasteiger partial charge in [-0.05, 0) is 18.6 Å². The molecule has 0 atom stereocenters. The molecule has 0 spiro atoms. The molecule has 4 heterocycles. The molecule has 1 aromatic carbocycles. The minimum Gasteiger partial charge on any atom is -0.491 e. The Bertz CT molecular complexity index is 1180. The monoisotopic (exact) mass is 495 g/mol. The molecule has 3 aliphatic rings. The number of hydrazine groups is 1. The third-order valence-corrected chi connectivity index (χ3v) is 6.17. The molecule has 0 bridgehead atoms. The Balaban J connectivity index is 1.39. The number of methoxy groups -OCH3 is 1. The molecule has 1 saturated heterocycles. The number of carbonyl (C=O) groups excluding carboxylic acids is 1. The van der Waals surface area contributed by atoms with Gasteiger partial charge >= 0.3 is 0 Å². The van der Waals surface area contributed by atoms with Crippen LogP contribution in [0.4, 0.5) is 11.6 Å². The van der Waals surface area contributed by atoms with Crippen molar-refractivity contribution in [2.45, 2.75) is 6.42 Å². The molecule has 0 saturated carbocycles. The molecule has 1 amide bonds. The van der Waals surface area contributed by atoms with Gasteiger partial charge in [0.05, 0.1) is 39.0 Å². The molecule has 3 aliphatic heterocycles. The van der Waals surface area contributed by atoms with Crippen LogP contribution in [-0.2, 0) is 4.74 Å². The van der Waals surface area contributed by atoms with E-state index in [4.69, 9.17) is 30.8 Å². The highest BCUT2D eigenvalue weighted by molar-refractivity contribution is 6.19. The Morgan fingerprint density at radius 1 is 1.19 bits per heavy atom. The first-order valence-electron chi connectivity index (χ1n) is 11.8. The number of nitrogen functional groups attached to an aromatic ring is 1. The normalized spacial score (nSPS) is 17.1. The van der Waals surface area contributed by atoms with Gasteiger partial charge in [-0.1, -0.05) is 0 Å². The van der Waals surface area contributed by atoms with Crippen molar-refractivity contribution in [3.05, 3.63) is 35.7 Å². The maximum atomic E-state index is 13.0. The number of amidine groups is 1. The average molecular weight is 496 g/mol. The number of guanidine groups is 1. The van der Waals surface area contributed by atoms with Gasteiger partial charge in [0.15, 0.2) is 11.5 Å². The zero-order chi connectivity index (χ0) is 25.1. The number of benzene rings is 1. The Morgan fingerprint density at radius 2 is 1.97 bits per heavy atom. The summed E-state index contributed by atoms with van der Waals surface area (Å²) >= 11 is 0. The summed E-state index contributed by atoms with van der Waals surface area (Å²) in [6, 6.07) is 3.77. The van der Waals surface area contributed by atoms with Gasteiger partial charge < -0.3 is 19.9 Å². The third kappa shape index (κ3) is 4.67. The third-order valence-electron chi connectivity index (χ3n) is 6.17. The van der Waals surface area contributed by atoms with Crippen molar-refractivity contribution in [3.63, 3.8) is 0 Å². The Morgan fingerprint density at radius 3 is 2.72 bits per heavy atom. The molecule has 0 aliphatic carbocycles. The molecule has 2 aromatic rings. The summed E-state index contributed by atoms with van der Waals surface area (Å²) in [6.45, 7) is 5.96. The standard InChI is InChI=1S/C23H29N9O4/c1-34-19-17(36-10-2-6-30-8-11-35-12-9-30)4-3-16-18(19)29-23(31-7-5-26-20(16)31)32(25)21(33)15-13-27-22(24)28-14-15/h3-4,13-14H,2,5-12,25H2,1H3,(H2,24,27,28). The van der Waals surface area contributed by atoms with Crippen molar-refractivity contribution in [3.8, 4) is 11.5 Å². The van der Waals surface area contributed by atoms with Crippen LogP contribution in [0, 0.1) is 0 Å². The molecular weight excluding hydrogens is 466 g/mol. The fraction of sp³-hybridized carbons (Fsp3) is 0.435. The molecule has 4 N–H and O–H groups in total. The van der Waals surface area contributed by atoms with Crippen molar-refractivity contribution in [1.29, 1.82) is 0 Å². The van der Waals surface area contributed by atoms with Crippen LogP contribution < -0.4 is 21.1 Å². The second kappa shape index (κ2) is 10.4. The van der Waals surface area contributed by atoms with E-state index in [-0.39, 0.29) is 17.5 Å². The summed E-state index contributed by atoms with van der Waals surface area (Å²) in [7, 11) is 1.56. The molecule has 5 rings (SSSR count). The predicted molar refractivity (Wildman–Crippen MR) is 132 cm³/mol. The molecule has 1 aromatic heterocycles. The number of carbonyl (C=O) groups is 1. The quantitative estimate of drug-likeness (QED) is 0.236. The first-order valence-corrected chi connectivity index (χ1v) is 11.8. The number of aliphatic imine (C=N–C) groups is 2. The van der Waals surface area contributed by atoms with E-state index < -0.39 is 5.91 Å². The van der Waals surface area contributed by atoms with E-state index in [0.717, 1.165) is 49.8 Å². The summed E-state index contributed by atoms with van der Waals surface area (Å²) in [5.74, 6) is 7.71. The van der Waals surface area contributed by atoms with Crippen molar-refractivity contribution in [2.24, 2.45) is 15.8 Å². The van der Waals surface area contributed by atoms with E-state index in [0.29, 0.717) is 42.7 Å². The van der Waals surface area contributed by atoms with E-state index in [1.165, 1.54) is 12.4 Å². The second-order valence-electron chi connectivity index (χ2n) is 8.42. The number of morpholine rings is 1. The minimum atomic E-state index is -0.530. The fourth-order valence-electron chi connectivity index (χ4n) is 4.35. The molecule has 0 radical (unpaired) electrons. The van der Waals surface area contributed by atoms with Crippen LogP contribution in [0.1, 0.15) is 22.3 Å². The van der Waals surface area contributed by atoms with Crippen LogP contribution in [-0.4, -0.2) is 102 Å². The van der Waals surface area contributed by atoms with Crippen LogP contribution in [0.2, 0.25) is 0 Å². The van der Waals surface area contributed by atoms with E-state index in [1.807, 2.05) is 12.1 Å². The lowest BCUT2D eigenvalue weighted by Gasteiger charge is -2.32. The smallest absolute Gasteiger partial charge is 0.278 e. The molecule has 1 fully saturated rings. The van der Waals surface area contributed by atoms with E-state index >= 15 is 0 Å². The number of nitrogens with two attached hydrogens (primary N) is 2. The van der Waals surface area contributed by atoms with Gasteiger partial charge in [0, 0.05) is 44.1 Å². The average Bonchev–Trinajstić information content (AvgIpc) is 3.41. The summed E-state index contributed by atoms with van der Waals surface area (Å²) in [4.78, 5) is 34.3. The number of hydrogen-bond donors (Lipinski definition) is 2. The van der Waals surface area contributed by atoms with Gasteiger partial charge in [0.1, 0.15) is 11.5 Å². The fourth-order valence-corrected chi connectivity index (χ4v) is 4.35. The first-order chi connectivity index (χ1) is 17.6. The lowest BCUT2D eigenvalue weighted by molar-refractivity contribution is 0.0357. The van der Waals surface area contributed by atoms with E-state index in [1.54, 1.807) is 12.0 Å². The molecule has 13 heteroatoms. The number of amides is 1. The lowest BCUT2D eigenvalue weighted by Crippen LogP contribution is -2.53. The Hall–Kier alpha value is -3.81. The number of rotatable bonds is 7. The van der Waals surface area contributed by atoms with Gasteiger partial charge in [-0.2, -0.15) is 0 Å². The van der Waals surface area contributed by atoms with Crippen LogP contribution in [0.25, 0.3) is 0 Å². The molecule has 0 unspecified atom stereocenters. The van der Waals surface area contributed by atoms with Crippen LogP contribution in [0.3, 0.4) is 0 Å². The zero-order valence-corrected chi connectivity index (χ0v) is 20.1. The topological polar surface area (TPSA) is 157 Å². The molecule has 36 heavy (non-hydrogen) atoms. The van der Waals surface area contributed by atoms with Crippen molar-refractivity contribution in [2.75, 3.05) is 65.4 Å². The number of aromatic nitrogens is 2. The Labute approximate surface area is 208 Å². The Kier molecular flexibility index (Phi) is 6.93. The van der Waals surface area contributed by atoms with E-state index in [9.17, 15) is 4.79 Å². The molecular formula is C23H29N9O4. The minimum absolute atomic E-state index is 0.0650.